The lowest BCUT2D eigenvalue weighted by molar-refractivity contribution is 0.0487. The van der Waals surface area contributed by atoms with Crippen LogP contribution in [-0.4, -0.2) is 17.8 Å². The van der Waals surface area contributed by atoms with Crippen LogP contribution in [0.2, 0.25) is 0 Å². The zero-order valence-corrected chi connectivity index (χ0v) is 8.98. The van der Waals surface area contributed by atoms with Crippen molar-refractivity contribution in [1.82, 2.24) is 0 Å². The molecule has 0 heterocycles. The molecule has 0 aliphatic heterocycles. The molecule has 1 aromatic carbocycles. The summed E-state index contributed by atoms with van der Waals surface area (Å²) in [6, 6.07) is 7.37. The predicted molar refractivity (Wildman–Crippen MR) is 62.8 cm³/mol. The zero-order chi connectivity index (χ0) is 11.5. The normalized spacial score (nSPS) is 23.2. The third kappa shape index (κ3) is 2.26. The highest BCUT2D eigenvalue weighted by Crippen LogP contribution is 2.27. The number of anilines is 2. The Morgan fingerprint density at radius 3 is 2.81 bits per heavy atom. The second kappa shape index (κ2) is 4.42. The summed E-state index contributed by atoms with van der Waals surface area (Å²) in [7, 11) is 0. The topological polar surface area (TPSA) is 82.1 Å². The summed E-state index contributed by atoms with van der Waals surface area (Å²) >= 11 is 0. The molecule has 1 aromatic rings. The number of benzene rings is 1. The first-order valence-corrected chi connectivity index (χ1v) is 5.40. The maximum atomic E-state index is 9.14. The Bertz CT molecular complexity index is 419. The Balaban J connectivity index is 1.90. The average molecular weight is 217 g/mol. The van der Waals surface area contributed by atoms with E-state index < -0.39 is 0 Å². The largest absolute Gasteiger partial charge is 0.398 e. The summed E-state index contributed by atoms with van der Waals surface area (Å²) < 4.78 is 0. The minimum absolute atomic E-state index is 0.113. The van der Waals surface area contributed by atoms with Crippen molar-refractivity contribution < 1.29 is 5.11 Å². The molecule has 0 atom stereocenters. The van der Waals surface area contributed by atoms with Crippen LogP contribution in [0.15, 0.2) is 18.2 Å². The molecule has 4 nitrogen and oxygen atoms in total. The van der Waals surface area contributed by atoms with Gasteiger partial charge in [-0.15, -0.1) is 0 Å². The van der Waals surface area contributed by atoms with E-state index in [4.69, 9.17) is 16.1 Å². The van der Waals surface area contributed by atoms with Gasteiger partial charge in [-0.25, -0.2) is 0 Å². The maximum Gasteiger partial charge on any atom is 0.101 e. The quantitative estimate of drug-likeness (QED) is 0.667. The van der Waals surface area contributed by atoms with E-state index in [-0.39, 0.29) is 6.10 Å². The van der Waals surface area contributed by atoms with Crippen LogP contribution in [0.3, 0.4) is 0 Å². The van der Waals surface area contributed by atoms with Crippen molar-refractivity contribution in [2.24, 2.45) is 5.92 Å². The number of hydrogen-bond donors (Lipinski definition) is 3. The van der Waals surface area contributed by atoms with Crippen molar-refractivity contribution in [3.8, 4) is 6.07 Å². The summed E-state index contributed by atoms with van der Waals surface area (Å²) in [5.41, 5.74) is 7.64. The number of nitrogens with two attached hydrogens (primary N) is 1. The van der Waals surface area contributed by atoms with Gasteiger partial charge in [0.15, 0.2) is 0 Å². The summed E-state index contributed by atoms with van der Waals surface area (Å²) in [6.45, 7) is 0.850. The Morgan fingerprint density at radius 1 is 1.50 bits per heavy atom. The van der Waals surface area contributed by atoms with Crippen molar-refractivity contribution in [3.63, 3.8) is 0 Å². The highest BCUT2D eigenvalue weighted by molar-refractivity contribution is 5.62. The number of nitriles is 1. The van der Waals surface area contributed by atoms with E-state index in [2.05, 4.69) is 5.32 Å². The summed E-state index contributed by atoms with van der Waals surface area (Å²) in [5, 5.41) is 21.1. The minimum atomic E-state index is -0.113. The lowest BCUT2D eigenvalue weighted by atomic mass is 9.82. The molecular weight excluding hydrogens is 202 g/mol. The molecule has 1 aliphatic carbocycles. The standard InChI is InChI=1S/C12H15N3O/c13-6-9-1-2-10(5-12(9)14)15-7-8-3-11(16)4-8/h1-2,5,8,11,15-16H,3-4,7,14H2. The highest BCUT2D eigenvalue weighted by Gasteiger charge is 2.26. The number of nitrogens with zero attached hydrogens (tertiary/aromatic N) is 1. The Morgan fingerprint density at radius 2 is 2.25 bits per heavy atom. The lowest BCUT2D eigenvalue weighted by Crippen LogP contribution is -2.33. The fourth-order valence-electron chi connectivity index (χ4n) is 1.90. The zero-order valence-electron chi connectivity index (χ0n) is 8.98. The van der Waals surface area contributed by atoms with Gasteiger partial charge in [-0.3, -0.25) is 0 Å². The SMILES string of the molecule is N#Cc1ccc(NCC2CC(O)C2)cc1N. The van der Waals surface area contributed by atoms with Gasteiger partial charge in [-0.1, -0.05) is 0 Å². The van der Waals surface area contributed by atoms with Gasteiger partial charge in [-0.05, 0) is 37.0 Å². The van der Waals surface area contributed by atoms with E-state index in [0.29, 0.717) is 17.2 Å². The van der Waals surface area contributed by atoms with Crippen LogP contribution in [0, 0.1) is 17.2 Å². The van der Waals surface area contributed by atoms with Crippen LogP contribution >= 0.6 is 0 Å². The second-order valence-corrected chi connectivity index (χ2v) is 4.29. The first-order chi connectivity index (χ1) is 7.69. The number of aliphatic hydroxyl groups excluding tert-OH is 1. The van der Waals surface area contributed by atoms with E-state index in [0.717, 1.165) is 25.1 Å². The molecule has 1 saturated carbocycles. The highest BCUT2D eigenvalue weighted by atomic mass is 16.3. The molecule has 4 heteroatoms. The number of rotatable bonds is 3. The molecular formula is C12H15N3O. The third-order valence-corrected chi connectivity index (χ3v) is 2.98. The Labute approximate surface area is 94.7 Å². The molecule has 0 radical (unpaired) electrons. The molecule has 0 aromatic heterocycles. The molecule has 0 amide bonds. The lowest BCUT2D eigenvalue weighted by Gasteiger charge is -2.31. The van der Waals surface area contributed by atoms with E-state index in [1.165, 1.54) is 0 Å². The first-order valence-electron chi connectivity index (χ1n) is 5.40. The molecule has 84 valence electrons. The summed E-state index contributed by atoms with van der Waals surface area (Å²) in [5.74, 6) is 0.548. The van der Waals surface area contributed by atoms with E-state index in [1.807, 2.05) is 12.1 Å². The first kappa shape index (κ1) is 10.8. The van der Waals surface area contributed by atoms with Gasteiger partial charge >= 0.3 is 0 Å². The van der Waals surface area contributed by atoms with Gasteiger partial charge in [0.25, 0.3) is 0 Å². The third-order valence-electron chi connectivity index (χ3n) is 2.98. The molecule has 0 saturated heterocycles. The smallest absolute Gasteiger partial charge is 0.101 e. The van der Waals surface area contributed by atoms with Crippen molar-refractivity contribution >= 4 is 11.4 Å². The molecule has 0 spiro atoms. The van der Waals surface area contributed by atoms with Crippen molar-refractivity contribution in [2.45, 2.75) is 18.9 Å². The number of aliphatic hydroxyl groups is 1. The fourth-order valence-corrected chi connectivity index (χ4v) is 1.90. The molecule has 2 rings (SSSR count). The van der Waals surface area contributed by atoms with Gasteiger partial charge in [0.05, 0.1) is 17.4 Å². The van der Waals surface area contributed by atoms with Gasteiger partial charge in [0, 0.05) is 12.2 Å². The van der Waals surface area contributed by atoms with Crippen LogP contribution < -0.4 is 11.1 Å². The monoisotopic (exact) mass is 217 g/mol. The average Bonchev–Trinajstić information content (AvgIpc) is 2.23. The van der Waals surface area contributed by atoms with E-state index in [9.17, 15) is 0 Å². The predicted octanol–water partition coefficient (Wildman–Crippen LogP) is 1.32. The van der Waals surface area contributed by atoms with Crippen molar-refractivity contribution in [1.29, 1.82) is 5.26 Å². The van der Waals surface area contributed by atoms with Crippen LogP contribution in [0.25, 0.3) is 0 Å². The van der Waals surface area contributed by atoms with Crippen molar-refractivity contribution in [2.75, 3.05) is 17.6 Å². The molecule has 1 fully saturated rings. The van der Waals surface area contributed by atoms with E-state index >= 15 is 0 Å². The van der Waals surface area contributed by atoms with Crippen LogP contribution in [0.5, 0.6) is 0 Å². The summed E-state index contributed by atoms with van der Waals surface area (Å²) in [6.07, 6.45) is 1.63. The Kier molecular flexibility index (Phi) is 2.97. The fraction of sp³-hybridized carbons (Fsp3) is 0.417. The van der Waals surface area contributed by atoms with Gasteiger partial charge in [0.2, 0.25) is 0 Å². The molecule has 16 heavy (non-hydrogen) atoms. The van der Waals surface area contributed by atoms with Gasteiger partial charge < -0.3 is 16.2 Å². The maximum absolute atomic E-state index is 9.14. The molecule has 4 N–H and O–H groups in total. The second-order valence-electron chi connectivity index (χ2n) is 4.29. The molecule has 0 unspecified atom stereocenters. The molecule has 0 bridgehead atoms. The number of hydrogen-bond acceptors (Lipinski definition) is 4. The summed E-state index contributed by atoms with van der Waals surface area (Å²) in [4.78, 5) is 0. The number of nitrogen functional groups attached to an aromatic ring is 1. The minimum Gasteiger partial charge on any atom is -0.398 e. The Hall–Kier alpha value is -1.73. The van der Waals surface area contributed by atoms with Crippen LogP contribution in [0.1, 0.15) is 18.4 Å². The van der Waals surface area contributed by atoms with Gasteiger partial charge in [0.1, 0.15) is 6.07 Å². The van der Waals surface area contributed by atoms with E-state index in [1.54, 1.807) is 12.1 Å². The number of nitrogens with one attached hydrogen (secondary N) is 1. The van der Waals surface area contributed by atoms with Crippen LogP contribution in [-0.2, 0) is 0 Å². The van der Waals surface area contributed by atoms with Crippen LogP contribution in [0.4, 0.5) is 11.4 Å². The van der Waals surface area contributed by atoms with Gasteiger partial charge in [-0.2, -0.15) is 5.26 Å². The molecule has 1 aliphatic rings. The van der Waals surface area contributed by atoms with Crippen molar-refractivity contribution in [3.05, 3.63) is 23.8 Å².